The molecule has 3 rings (SSSR count). The van der Waals surface area contributed by atoms with E-state index in [0.717, 1.165) is 23.5 Å². The molecule has 0 bridgehead atoms. The zero-order chi connectivity index (χ0) is 20.1. The van der Waals surface area contributed by atoms with Crippen LogP contribution in [-0.2, 0) is 13.2 Å². The fraction of sp³-hybridized carbons (Fsp3) is 0.263. The van der Waals surface area contributed by atoms with Crippen LogP contribution in [0.4, 0.5) is 0 Å². The molecule has 0 aliphatic heterocycles. The van der Waals surface area contributed by atoms with E-state index in [0.29, 0.717) is 17.0 Å². The molecule has 28 heavy (non-hydrogen) atoms. The van der Waals surface area contributed by atoms with Gasteiger partial charge < -0.3 is 15.0 Å². The second-order valence-corrected chi connectivity index (χ2v) is 6.80. The summed E-state index contributed by atoms with van der Waals surface area (Å²) in [5, 5.41) is 11.0. The van der Waals surface area contributed by atoms with E-state index in [4.69, 9.17) is 17.0 Å². The fourth-order valence-electron chi connectivity index (χ4n) is 2.84. The molecule has 1 amide bonds. The first kappa shape index (κ1) is 19.7. The van der Waals surface area contributed by atoms with Gasteiger partial charge in [-0.25, -0.2) is 0 Å². The standard InChI is InChI=1S/C19H22N6O2S/c1-20-18(26)15-6-4-14(5-7-15)12-23(2)13-24-19(28)25(22-21-24)16-8-10-17(27-3)11-9-16/h4-11H,12-13H2,1-3H3,(H,20,26)/p+1. The third-order valence-corrected chi connectivity index (χ3v) is 4.71. The predicted molar refractivity (Wildman–Crippen MR) is 107 cm³/mol. The Bertz CT molecular complexity index is 995. The summed E-state index contributed by atoms with van der Waals surface area (Å²) in [6.45, 7) is 1.34. The van der Waals surface area contributed by atoms with Crippen LogP contribution in [0.15, 0.2) is 48.5 Å². The highest BCUT2D eigenvalue weighted by atomic mass is 32.1. The minimum atomic E-state index is -0.0892. The van der Waals surface area contributed by atoms with Crippen molar-refractivity contribution in [3.63, 3.8) is 0 Å². The van der Waals surface area contributed by atoms with E-state index in [9.17, 15) is 4.79 Å². The van der Waals surface area contributed by atoms with Gasteiger partial charge >= 0.3 is 0 Å². The maximum absolute atomic E-state index is 11.6. The number of benzene rings is 2. The van der Waals surface area contributed by atoms with Gasteiger partial charge in [0, 0.05) is 18.2 Å². The Morgan fingerprint density at radius 1 is 1.14 bits per heavy atom. The zero-order valence-corrected chi connectivity index (χ0v) is 16.9. The molecule has 0 aliphatic carbocycles. The van der Waals surface area contributed by atoms with Crippen molar-refractivity contribution in [1.29, 1.82) is 0 Å². The Kier molecular flexibility index (Phi) is 6.17. The predicted octanol–water partition coefficient (Wildman–Crippen LogP) is 0.839. The number of hydrogen-bond acceptors (Lipinski definition) is 5. The molecule has 146 valence electrons. The molecule has 1 aromatic heterocycles. The van der Waals surface area contributed by atoms with E-state index in [1.807, 2.05) is 48.5 Å². The minimum Gasteiger partial charge on any atom is -0.497 e. The van der Waals surface area contributed by atoms with Crippen LogP contribution in [0.1, 0.15) is 15.9 Å². The Morgan fingerprint density at radius 3 is 2.43 bits per heavy atom. The molecule has 2 aromatic carbocycles. The fourth-order valence-corrected chi connectivity index (χ4v) is 3.08. The normalized spacial score (nSPS) is 11.8. The Hall–Kier alpha value is -3.04. The van der Waals surface area contributed by atoms with Crippen molar-refractivity contribution in [3.05, 3.63) is 64.4 Å². The molecular formula is C19H23N6O2S+. The molecule has 0 radical (unpaired) electrons. The Morgan fingerprint density at radius 2 is 1.82 bits per heavy atom. The van der Waals surface area contributed by atoms with Crippen molar-refractivity contribution >= 4 is 18.1 Å². The molecule has 3 aromatic rings. The zero-order valence-electron chi connectivity index (χ0n) is 16.0. The molecule has 0 fully saturated rings. The van der Waals surface area contributed by atoms with Crippen LogP contribution in [0.3, 0.4) is 0 Å². The quantitative estimate of drug-likeness (QED) is 0.576. The number of carbonyl (C=O) groups is 1. The largest absolute Gasteiger partial charge is 0.497 e. The van der Waals surface area contributed by atoms with Gasteiger partial charge in [0.15, 0.2) is 6.67 Å². The lowest BCUT2D eigenvalue weighted by molar-refractivity contribution is -0.917. The molecule has 2 N–H and O–H groups in total. The van der Waals surface area contributed by atoms with Crippen molar-refractivity contribution in [2.24, 2.45) is 0 Å². The summed E-state index contributed by atoms with van der Waals surface area (Å²) in [5.74, 6) is 0.683. The first-order valence-corrected chi connectivity index (χ1v) is 9.22. The van der Waals surface area contributed by atoms with E-state index >= 15 is 0 Å². The number of amides is 1. The lowest BCUT2D eigenvalue weighted by atomic mass is 10.1. The van der Waals surface area contributed by atoms with Crippen LogP contribution in [0, 0.1) is 4.77 Å². The molecule has 8 nitrogen and oxygen atoms in total. The lowest BCUT2D eigenvalue weighted by Gasteiger charge is -2.13. The van der Waals surface area contributed by atoms with Gasteiger partial charge in [-0.2, -0.15) is 9.36 Å². The Balaban J connectivity index is 1.67. The summed E-state index contributed by atoms with van der Waals surface area (Å²) >= 11 is 5.52. The van der Waals surface area contributed by atoms with Crippen LogP contribution in [0.5, 0.6) is 5.75 Å². The van der Waals surface area contributed by atoms with Crippen molar-refractivity contribution < 1.29 is 14.4 Å². The van der Waals surface area contributed by atoms with E-state index < -0.39 is 0 Å². The summed E-state index contributed by atoms with van der Waals surface area (Å²) in [4.78, 5) is 12.8. The van der Waals surface area contributed by atoms with E-state index in [-0.39, 0.29) is 5.91 Å². The third-order valence-electron chi connectivity index (χ3n) is 4.33. The number of nitrogens with one attached hydrogen (secondary N) is 2. The second kappa shape index (κ2) is 8.77. The topological polar surface area (TPSA) is 78.4 Å². The molecule has 0 saturated carbocycles. The maximum atomic E-state index is 11.6. The number of tetrazole rings is 1. The van der Waals surface area contributed by atoms with Crippen LogP contribution < -0.4 is 15.0 Å². The van der Waals surface area contributed by atoms with Crippen LogP contribution >= 0.6 is 12.2 Å². The number of quaternary nitrogens is 1. The molecule has 0 saturated heterocycles. The third kappa shape index (κ3) is 4.44. The summed E-state index contributed by atoms with van der Waals surface area (Å²) in [6, 6.07) is 15.1. The number of nitrogens with zero attached hydrogens (tertiary/aromatic N) is 4. The number of rotatable bonds is 7. The van der Waals surface area contributed by atoms with E-state index in [1.165, 1.54) is 4.90 Å². The van der Waals surface area contributed by atoms with Crippen molar-refractivity contribution in [3.8, 4) is 11.4 Å². The highest BCUT2D eigenvalue weighted by molar-refractivity contribution is 7.71. The van der Waals surface area contributed by atoms with Gasteiger partial charge in [-0.3, -0.25) is 4.79 Å². The lowest BCUT2D eigenvalue weighted by Crippen LogP contribution is -3.07. The number of ether oxygens (including phenoxy) is 1. The average molecular weight is 400 g/mol. The summed E-state index contributed by atoms with van der Waals surface area (Å²) < 4.78 is 9.03. The molecule has 1 unspecified atom stereocenters. The van der Waals surface area contributed by atoms with Gasteiger partial charge in [0.1, 0.15) is 12.3 Å². The van der Waals surface area contributed by atoms with Gasteiger partial charge in [0.25, 0.3) is 5.91 Å². The van der Waals surface area contributed by atoms with E-state index in [2.05, 4.69) is 22.8 Å². The highest BCUT2D eigenvalue weighted by Gasteiger charge is 2.11. The summed E-state index contributed by atoms with van der Waals surface area (Å²) in [7, 11) is 5.30. The molecule has 1 heterocycles. The summed E-state index contributed by atoms with van der Waals surface area (Å²) in [5.41, 5.74) is 2.60. The van der Waals surface area contributed by atoms with Gasteiger partial charge in [-0.15, -0.1) is 0 Å². The number of hydrogen-bond donors (Lipinski definition) is 2. The molecule has 9 heteroatoms. The molecule has 1 atom stereocenters. The van der Waals surface area contributed by atoms with Crippen molar-refractivity contribution in [2.45, 2.75) is 13.2 Å². The van der Waals surface area contributed by atoms with Crippen LogP contribution in [0.2, 0.25) is 0 Å². The number of aromatic nitrogens is 4. The number of methoxy groups -OCH3 is 1. The van der Waals surface area contributed by atoms with Crippen molar-refractivity contribution in [2.75, 3.05) is 21.2 Å². The summed E-state index contributed by atoms with van der Waals surface area (Å²) in [6.07, 6.45) is 0. The highest BCUT2D eigenvalue weighted by Crippen LogP contribution is 2.14. The molecular weight excluding hydrogens is 376 g/mol. The molecule has 0 aliphatic rings. The SMILES string of the molecule is CNC(=O)c1ccc(C[NH+](C)Cn2nnn(-c3ccc(OC)cc3)c2=S)cc1. The van der Waals surface area contributed by atoms with Gasteiger partial charge in [0.05, 0.1) is 19.8 Å². The first-order chi connectivity index (χ1) is 13.5. The van der Waals surface area contributed by atoms with Crippen LogP contribution in [0.25, 0.3) is 5.69 Å². The van der Waals surface area contributed by atoms with Crippen molar-refractivity contribution in [1.82, 2.24) is 25.1 Å². The molecule has 0 spiro atoms. The second-order valence-electron chi connectivity index (χ2n) is 6.44. The first-order valence-electron chi connectivity index (χ1n) is 8.81. The number of carbonyl (C=O) groups excluding carboxylic acids is 1. The average Bonchev–Trinajstić information content (AvgIpc) is 3.08. The minimum absolute atomic E-state index is 0.0892. The maximum Gasteiger partial charge on any atom is 0.251 e. The van der Waals surface area contributed by atoms with Gasteiger partial charge in [-0.1, -0.05) is 12.1 Å². The van der Waals surface area contributed by atoms with Gasteiger partial charge in [-0.05, 0) is 59.0 Å². The van der Waals surface area contributed by atoms with E-state index in [1.54, 1.807) is 23.5 Å². The van der Waals surface area contributed by atoms with Crippen LogP contribution in [-0.4, -0.2) is 46.9 Å². The monoisotopic (exact) mass is 399 g/mol. The Labute approximate surface area is 168 Å². The van der Waals surface area contributed by atoms with Gasteiger partial charge in [0.2, 0.25) is 4.77 Å². The smallest absolute Gasteiger partial charge is 0.251 e.